The topological polar surface area (TPSA) is 80.9 Å². The first-order valence-electron chi connectivity index (χ1n) is 7.30. The fourth-order valence-corrected chi connectivity index (χ4v) is 2.06. The molecule has 1 N–H and O–H groups in total. The molecule has 0 saturated carbocycles. The van der Waals surface area contributed by atoms with E-state index in [2.05, 4.69) is 20.5 Å². The summed E-state index contributed by atoms with van der Waals surface area (Å²) in [6.07, 6.45) is 3.82. The second-order valence-electron chi connectivity index (χ2n) is 5.11. The van der Waals surface area contributed by atoms with Crippen molar-refractivity contribution in [1.29, 1.82) is 0 Å². The number of hydrogen-bond acceptors (Lipinski definition) is 5. The molecule has 0 aliphatic rings. The van der Waals surface area contributed by atoms with Crippen LogP contribution in [0.25, 0.3) is 11.5 Å². The van der Waals surface area contributed by atoms with E-state index < -0.39 is 0 Å². The fraction of sp³-hybridized carbons (Fsp3) is 0.176. The molecular formula is C17H16N4O2. The zero-order valence-corrected chi connectivity index (χ0v) is 12.7. The van der Waals surface area contributed by atoms with Crippen LogP contribution in [0.5, 0.6) is 0 Å². The van der Waals surface area contributed by atoms with Gasteiger partial charge in [-0.15, -0.1) is 10.2 Å². The summed E-state index contributed by atoms with van der Waals surface area (Å²) in [5.74, 6) is 0.826. The predicted octanol–water partition coefficient (Wildman–Crippen LogP) is 2.41. The van der Waals surface area contributed by atoms with Crippen molar-refractivity contribution in [2.45, 2.75) is 13.3 Å². The molecule has 1 amide bonds. The quantitative estimate of drug-likeness (QED) is 0.783. The zero-order valence-electron chi connectivity index (χ0n) is 12.7. The van der Waals surface area contributed by atoms with Crippen LogP contribution in [0.3, 0.4) is 0 Å². The van der Waals surface area contributed by atoms with Crippen molar-refractivity contribution in [3.63, 3.8) is 0 Å². The van der Waals surface area contributed by atoms with Crippen molar-refractivity contribution in [3.8, 4) is 11.5 Å². The van der Waals surface area contributed by atoms with Crippen LogP contribution < -0.4 is 5.32 Å². The van der Waals surface area contributed by atoms with E-state index in [0.29, 0.717) is 30.3 Å². The van der Waals surface area contributed by atoms with Gasteiger partial charge in [-0.25, -0.2) is 0 Å². The Bertz CT molecular complexity index is 782. The first-order valence-corrected chi connectivity index (χ1v) is 7.30. The molecular weight excluding hydrogens is 292 g/mol. The Hall–Kier alpha value is -3.02. The fourth-order valence-electron chi connectivity index (χ4n) is 2.06. The van der Waals surface area contributed by atoms with E-state index in [0.717, 1.165) is 11.1 Å². The smallest absolute Gasteiger partial charge is 0.251 e. The Balaban J connectivity index is 1.54. The highest BCUT2D eigenvalue weighted by Gasteiger charge is 2.09. The molecule has 0 spiro atoms. The molecule has 23 heavy (non-hydrogen) atoms. The molecule has 0 saturated heterocycles. The van der Waals surface area contributed by atoms with E-state index in [1.807, 2.05) is 19.1 Å². The summed E-state index contributed by atoms with van der Waals surface area (Å²) in [6.45, 7) is 2.42. The van der Waals surface area contributed by atoms with E-state index in [9.17, 15) is 4.79 Å². The van der Waals surface area contributed by atoms with E-state index in [1.54, 1.807) is 36.7 Å². The second-order valence-corrected chi connectivity index (χ2v) is 5.11. The minimum Gasteiger partial charge on any atom is -0.421 e. The largest absolute Gasteiger partial charge is 0.421 e. The van der Waals surface area contributed by atoms with Crippen molar-refractivity contribution in [3.05, 3.63) is 65.8 Å². The van der Waals surface area contributed by atoms with Crippen molar-refractivity contribution in [2.75, 3.05) is 6.54 Å². The molecule has 2 aromatic heterocycles. The van der Waals surface area contributed by atoms with Gasteiger partial charge in [-0.05, 0) is 31.2 Å². The summed E-state index contributed by atoms with van der Waals surface area (Å²) in [4.78, 5) is 15.9. The standard InChI is InChI=1S/C17H16N4O2/c1-12-2-4-13(5-3-12)16(22)19-11-8-15-20-21-17(23-15)14-6-9-18-10-7-14/h2-7,9-10H,8,11H2,1H3,(H,19,22). The van der Waals surface area contributed by atoms with Crippen LogP contribution >= 0.6 is 0 Å². The van der Waals surface area contributed by atoms with Gasteiger partial charge in [-0.1, -0.05) is 17.7 Å². The molecule has 0 bridgehead atoms. The van der Waals surface area contributed by atoms with Crippen molar-refractivity contribution >= 4 is 5.91 Å². The van der Waals surface area contributed by atoms with Crippen molar-refractivity contribution in [2.24, 2.45) is 0 Å². The molecule has 3 rings (SSSR count). The van der Waals surface area contributed by atoms with Gasteiger partial charge in [0.05, 0.1) is 0 Å². The number of benzene rings is 1. The van der Waals surface area contributed by atoms with Gasteiger partial charge in [-0.3, -0.25) is 9.78 Å². The summed E-state index contributed by atoms with van der Waals surface area (Å²) >= 11 is 0. The van der Waals surface area contributed by atoms with Crippen LogP contribution in [0, 0.1) is 6.92 Å². The number of pyridine rings is 1. The third kappa shape index (κ3) is 3.79. The summed E-state index contributed by atoms with van der Waals surface area (Å²) in [7, 11) is 0. The van der Waals surface area contributed by atoms with Crippen molar-refractivity contribution in [1.82, 2.24) is 20.5 Å². The SMILES string of the molecule is Cc1ccc(C(=O)NCCc2nnc(-c3ccncc3)o2)cc1. The molecule has 3 aromatic rings. The lowest BCUT2D eigenvalue weighted by molar-refractivity contribution is 0.0953. The Morgan fingerprint density at radius 2 is 1.83 bits per heavy atom. The second kappa shape index (κ2) is 6.83. The summed E-state index contributed by atoms with van der Waals surface area (Å²) in [5.41, 5.74) is 2.58. The Labute approximate surface area is 133 Å². The first kappa shape index (κ1) is 14.9. The lowest BCUT2D eigenvalue weighted by Crippen LogP contribution is -2.25. The van der Waals surface area contributed by atoms with E-state index >= 15 is 0 Å². The minimum atomic E-state index is -0.112. The first-order chi connectivity index (χ1) is 11.2. The van der Waals surface area contributed by atoms with E-state index in [4.69, 9.17) is 4.42 Å². The van der Waals surface area contributed by atoms with E-state index in [1.165, 1.54) is 0 Å². The minimum absolute atomic E-state index is 0.112. The van der Waals surface area contributed by atoms with E-state index in [-0.39, 0.29) is 5.91 Å². The van der Waals surface area contributed by atoms with Gasteiger partial charge in [-0.2, -0.15) is 0 Å². The van der Waals surface area contributed by atoms with Gasteiger partial charge in [0.1, 0.15) is 0 Å². The van der Waals surface area contributed by atoms with Gasteiger partial charge >= 0.3 is 0 Å². The highest BCUT2D eigenvalue weighted by Crippen LogP contribution is 2.16. The number of carbonyl (C=O) groups is 1. The van der Waals surface area contributed by atoms with Crippen LogP contribution in [0.15, 0.2) is 53.2 Å². The molecule has 0 atom stereocenters. The number of nitrogens with one attached hydrogen (secondary N) is 1. The third-order valence-corrected chi connectivity index (χ3v) is 3.33. The average Bonchev–Trinajstić information content (AvgIpc) is 3.05. The van der Waals surface area contributed by atoms with Gasteiger partial charge in [0.15, 0.2) is 0 Å². The van der Waals surface area contributed by atoms with Crippen molar-refractivity contribution < 1.29 is 9.21 Å². The molecule has 0 fully saturated rings. The number of aromatic nitrogens is 3. The molecule has 0 aliphatic carbocycles. The maximum atomic E-state index is 12.0. The molecule has 116 valence electrons. The Kier molecular flexibility index (Phi) is 4.42. The number of rotatable bonds is 5. The van der Waals surface area contributed by atoms with Gasteiger partial charge < -0.3 is 9.73 Å². The summed E-state index contributed by atoms with van der Waals surface area (Å²) in [5, 5.41) is 10.8. The number of carbonyl (C=O) groups excluding carboxylic acids is 1. The number of hydrogen-bond donors (Lipinski definition) is 1. The van der Waals surface area contributed by atoms with Crippen LogP contribution in [-0.4, -0.2) is 27.6 Å². The number of amides is 1. The lowest BCUT2D eigenvalue weighted by atomic mass is 10.1. The summed E-state index contributed by atoms with van der Waals surface area (Å²) < 4.78 is 5.57. The maximum Gasteiger partial charge on any atom is 0.251 e. The molecule has 1 aromatic carbocycles. The summed E-state index contributed by atoms with van der Waals surface area (Å²) in [6, 6.07) is 11.0. The molecule has 0 radical (unpaired) electrons. The van der Waals surface area contributed by atoms with Gasteiger partial charge in [0.25, 0.3) is 5.91 Å². The van der Waals surface area contributed by atoms with Crippen LogP contribution in [0.1, 0.15) is 21.8 Å². The Morgan fingerprint density at radius 1 is 1.09 bits per heavy atom. The monoisotopic (exact) mass is 308 g/mol. The number of aryl methyl sites for hydroxylation is 1. The zero-order chi connectivity index (χ0) is 16.1. The van der Waals surface area contributed by atoms with Crippen LogP contribution in [-0.2, 0) is 6.42 Å². The van der Waals surface area contributed by atoms with Crippen LogP contribution in [0.2, 0.25) is 0 Å². The molecule has 0 aliphatic heterocycles. The Morgan fingerprint density at radius 3 is 2.57 bits per heavy atom. The van der Waals surface area contributed by atoms with Crippen LogP contribution in [0.4, 0.5) is 0 Å². The van der Waals surface area contributed by atoms with Gasteiger partial charge in [0, 0.05) is 36.5 Å². The molecule has 6 heteroatoms. The molecule has 0 unspecified atom stereocenters. The number of nitrogens with zero attached hydrogens (tertiary/aromatic N) is 3. The third-order valence-electron chi connectivity index (χ3n) is 3.33. The average molecular weight is 308 g/mol. The maximum absolute atomic E-state index is 12.0. The van der Waals surface area contributed by atoms with Gasteiger partial charge in [0.2, 0.25) is 11.8 Å². The molecule has 2 heterocycles. The molecule has 6 nitrogen and oxygen atoms in total. The lowest BCUT2D eigenvalue weighted by Gasteiger charge is -2.03. The normalized spacial score (nSPS) is 10.5. The highest BCUT2D eigenvalue weighted by atomic mass is 16.4. The highest BCUT2D eigenvalue weighted by molar-refractivity contribution is 5.94. The predicted molar refractivity (Wildman–Crippen MR) is 84.7 cm³/mol.